The highest BCUT2D eigenvalue weighted by molar-refractivity contribution is 9.10. The van der Waals surface area contributed by atoms with Crippen LogP contribution in [0.5, 0.6) is 0 Å². The van der Waals surface area contributed by atoms with E-state index in [0.717, 1.165) is 17.9 Å². The fourth-order valence-corrected chi connectivity index (χ4v) is 3.14. The minimum atomic E-state index is -0.687. The first-order valence-corrected chi connectivity index (χ1v) is 10.2. The van der Waals surface area contributed by atoms with Crippen LogP contribution >= 0.6 is 39.5 Å². The predicted octanol–water partition coefficient (Wildman–Crippen LogP) is 2.77. The lowest BCUT2D eigenvalue weighted by molar-refractivity contribution is -0.142. The molecule has 0 aliphatic carbocycles. The van der Waals surface area contributed by atoms with Crippen LogP contribution in [0, 0.1) is 0 Å². The fourth-order valence-electron chi connectivity index (χ4n) is 1.63. The van der Waals surface area contributed by atoms with Crippen LogP contribution in [-0.4, -0.2) is 52.8 Å². The number of esters is 1. The molecule has 0 radical (unpaired) electrons. The summed E-state index contributed by atoms with van der Waals surface area (Å²) < 4.78 is 5.23. The van der Waals surface area contributed by atoms with E-state index in [1.54, 1.807) is 18.0 Å². The van der Waals surface area contributed by atoms with E-state index in [2.05, 4.69) is 38.1 Å². The van der Waals surface area contributed by atoms with E-state index < -0.39 is 17.9 Å². The molecule has 0 fully saturated rings. The van der Waals surface area contributed by atoms with Crippen LogP contribution in [0.1, 0.15) is 30.3 Å². The molecule has 1 heterocycles. The second kappa shape index (κ2) is 10.9. The average Bonchev–Trinajstić information content (AvgIpc) is 2.56. The zero-order chi connectivity index (χ0) is 17.2. The Labute approximate surface area is 153 Å². The molecule has 1 rings (SSSR count). The molecule has 0 spiro atoms. The lowest BCUT2D eigenvalue weighted by Gasteiger charge is -2.16. The molecule has 0 bridgehead atoms. The second-order valence-electron chi connectivity index (χ2n) is 4.53. The zero-order valence-electron chi connectivity index (χ0n) is 13.3. The van der Waals surface area contributed by atoms with Gasteiger partial charge in [0.15, 0.2) is 5.16 Å². The van der Waals surface area contributed by atoms with E-state index in [0.29, 0.717) is 16.0 Å². The Morgan fingerprint density at radius 1 is 1.43 bits per heavy atom. The van der Waals surface area contributed by atoms with Gasteiger partial charge in [-0.05, 0) is 40.8 Å². The Bertz CT molecular complexity index is 546. The van der Waals surface area contributed by atoms with Gasteiger partial charge in [0.25, 0.3) is 5.91 Å². The number of thioether (sulfide) groups is 2. The van der Waals surface area contributed by atoms with E-state index in [4.69, 9.17) is 4.74 Å². The van der Waals surface area contributed by atoms with Gasteiger partial charge in [-0.1, -0.05) is 18.7 Å². The smallest absolute Gasteiger partial charge is 0.328 e. The van der Waals surface area contributed by atoms with Crippen LogP contribution < -0.4 is 5.32 Å². The molecule has 1 aromatic heterocycles. The first-order valence-electron chi connectivity index (χ1n) is 7.06. The Balaban J connectivity index is 2.87. The second-order valence-corrected chi connectivity index (χ2v) is 7.43. The van der Waals surface area contributed by atoms with Gasteiger partial charge in [0, 0.05) is 11.9 Å². The first kappa shape index (κ1) is 20.2. The SMILES string of the molecule is CCCSc1ncc(Br)c(C(=O)NC(CCSC)C(=O)OC)n1. The number of rotatable bonds is 9. The number of aromatic nitrogens is 2. The summed E-state index contributed by atoms with van der Waals surface area (Å²) in [4.78, 5) is 32.6. The molecule has 1 atom stereocenters. The van der Waals surface area contributed by atoms with Gasteiger partial charge in [-0.15, -0.1) is 0 Å². The number of ether oxygens (including phenoxy) is 1. The van der Waals surface area contributed by atoms with Crippen LogP contribution in [0.3, 0.4) is 0 Å². The molecule has 23 heavy (non-hydrogen) atoms. The molecule has 6 nitrogen and oxygen atoms in total. The summed E-state index contributed by atoms with van der Waals surface area (Å²) in [7, 11) is 1.31. The van der Waals surface area contributed by atoms with Gasteiger partial charge in [0.05, 0.1) is 11.6 Å². The lowest BCUT2D eigenvalue weighted by Crippen LogP contribution is -2.42. The van der Waals surface area contributed by atoms with Gasteiger partial charge in [-0.2, -0.15) is 11.8 Å². The van der Waals surface area contributed by atoms with Gasteiger partial charge < -0.3 is 10.1 Å². The number of carbonyl (C=O) groups excluding carboxylic acids is 2. The standard InChI is InChI=1S/C14H20BrN3O3S2/c1-4-6-23-14-16-8-9(15)11(18-14)12(19)17-10(5-7-22-3)13(20)21-2/h8,10H,4-7H2,1-3H3,(H,17,19). The third-order valence-electron chi connectivity index (χ3n) is 2.77. The third kappa shape index (κ3) is 6.68. The molecule has 0 saturated carbocycles. The molecule has 0 aliphatic heterocycles. The maximum Gasteiger partial charge on any atom is 0.328 e. The largest absolute Gasteiger partial charge is 0.467 e. The van der Waals surface area contributed by atoms with Crippen LogP contribution in [0.2, 0.25) is 0 Å². The van der Waals surface area contributed by atoms with Crippen molar-refractivity contribution in [2.24, 2.45) is 0 Å². The number of hydrogen-bond acceptors (Lipinski definition) is 7. The molecular weight excluding hydrogens is 402 g/mol. The number of nitrogens with zero attached hydrogens (tertiary/aromatic N) is 2. The van der Waals surface area contributed by atoms with Crippen molar-refractivity contribution in [1.82, 2.24) is 15.3 Å². The summed E-state index contributed by atoms with van der Waals surface area (Å²) >= 11 is 6.36. The molecule has 9 heteroatoms. The summed E-state index contributed by atoms with van der Waals surface area (Å²) in [5.74, 6) is 0.733. The Hall–Kier alpha value is -0.800. The molecule has 1 amide bonds. The summed E-state index contributed by atoms with van der Waals surface area (Å²) in [5, 5.41) is 3.23. The predicted molar refractivity (Wildman–Crippen MR) is 97.0 cm³/mol. The molecule has 0 saturated heterocycles. The Morgan fingerprint density at radius 2 is 2.17 bits per heavy atom. The molecule has 1 unspecified atom stereocenters. The number of hydrogen-bond donors (Lipinski definition) is 1. The third-order valence-corrected chi connectivity index (χ3v) is 5.07. The highest BCUT2D eigenvalue weighted by atomic mass is 79.9. The highest BCUT2D eigenvalue weighted by Gasteiger charge is 2.24. The fraction of sp³-hybridized carbons (Fsp3) is 0.571. The summed E-state index contributed by atoms with van der Waals surface area (Å²) in [5.41, 5.74) is 0.219. The van der Waals surface area contributed by atoms with Gasteiger partial charge in [-0.25, -0.2) is 14.8 Å². The van der Waals surface area contributed by atoms with Crippen molar-refractivity contribution in [1.29, 1.82) is 0 Å². The minimum Gasteiger partial charge on any atom is -0.467 e. The van der Waals surface area contributed by atoms with Crippen molar-refractivity contribution in [2.45, 2.75) is 31.0 Å². The Morgan fingerprint density at radius 3 is 2.78 bits per heavy atom. The quantitative estimate of drug-likeness (QED) is 0.372. The van der Waals surface area contributed by atoms with E-state index in [1.807, 2.05) is 6.26 Å². The van der Waals surface area contributed by atoms with Crippen LogP contribution in [0.4, 0.5) is 0 Å². The number of methoxy groups -OCH3 is 1. The first-order chi connectivity index (χ1) is 11.0. The van der Waals surface area contributed by atoms with Crippen molar-refractivity contribution in [3.05, 3.63) is 16.4 Å². The number of halogens is 1. The number of amides is 1. The van der Waals surface area contributed by atoms with E-state index >= 15 is 0 Å². The van der Waals surface area contributed by atoms with Gasteiger partial charge in [0.2, 0.25) is 0 Å². The minimum absolute atomic E-state index is 0.219. The average molecular weight is 422 g/mol. The topological polar surface area (TPSA) is 81.2 Å². The maximum atomic E-state index is 12.4. The van der Waals surface area contributed by atoms with Gasteiger partial charge in [0.1, 0.15) is 11.7 Å². The van der Waals surface area contributed by atoms with E-state index in [9.17, 15) is 9.59 Å². The summed E-state index contributed by atoms with van der Waals surface area (Å²) in [6.45, 7) is 2.06. The number of carbonyl (C=O) groups is 2. The Kier molecular flexibility index (Phi) is 9.57. The monoisotopic (exact) mass is 421 g/mol. The molecule has 128 valence electrons. The van der Waals surface area contributed by atoms with E-state index in [-0.39, 0.29) is 5.69 Å². The van der Waals surface area contributed by atoms with Crippen molar-refractivity contribution >= 4 is 51.3 Å². The van der Waals surface area contributed by atoms with Crippen molar-refractivity contribution in [3.8, 4) is 0 Å². The molecular formula is C14H20BrN3O3S2. The van der Waals surface area contributed by atoms with Gasteiger partial charge >= 0.3 is 5.97 Å². The zero-order valence-corrected chi connectivity index (χ0v) is 16.5. The normalized spacial score (nSPS) is 11.8. The van der Waals surface area contributed by atoms with Crippen molar-refractivity contribution in [3.63, 3.8) is 0 Å². The molecule has 1 N–H and O–H groups in total. The molecule has 0 aliphatic rings. The molecule has 1 aromatic rings. The molecule has 0 aromatic carbocycles. The number of nitrogens with one attached hydrogen (secondary N) is 1. The van der Waals surface area contributed by atoms with Crippen LogP contribution in [0.15, 0.2) is 15.8 Å². The lowest BCUT2D eigenvalue weighted by atomic mass is 10.2. The van der Waals surface area contributed by atoms with E-state index in [1.165, 1.54) is 18.9 Å². The van der Waals surface area contributed by atoms with Crippen molar-refractivity contribution in [2.75, 3.05) is 24.9 Å². The van der Waals surface area contributed by atoms with Gasteiger partial charge in [-0.3, -0.25) is 4.79 Å². The van der Waals surface area contributed by atoms with Crippen molar-refractivity contribution < 1.29 is 14.3 Å². The summed E-state index contributed by atoms with van der Waals surface area (Å²) in [6.07, 6.45) is 4.98. The highest BCUT2D eigenvalue weighted by Crippen LogP contribution is 2.19. The maximum absolute atomic E-state index is 12.4. The summed E-state index contributed by atoms with van der Waals surface area (Å²) in [6, 6.07) is -0.687. The van der Waals surface area contributed by atoms with Crippen LogP contribution in [-0.2, 0) is 9.53 Å². The van der Waals surface area contributed by atoms with Crippen LogP contribution in [0.25, 0.3) is 0 Å².